The Balaban J connectivity index is 1.77. The number of ether oxygens (including phenoxy) is 1. The third-order valence-electron chi connectivity index (χ3n) is 3.62. The molecule has 0 aliphatic heterocycles. The number of nitrogens with one attached hydrogen (secondary N) is 1. The van der Waals surface area contributed by atoms with Crippen molar-refractivity contribution in [2.45, 2.75) is 13.3 Å². The Labute approximate surface area is 152 Å². The van der Waals surface area contributed by atoms with E-state index in [9.17, 15) is 14.9 Å². The SMILES string of the molecule is COc1ccc([N+](=O)[O-])cc1NC(=O)Cc1nc(-c2cccs2)oc1C. The summed E-state index contributed by atoms with van der Waals surface area (Å²) >= 11 is 1.49. The van der Waals surface area contributed by atoms with Crippen LogP contribution in [0.5, 0.6) is 5.75 Å². The lowest BCUT2D eigenvalue weighted by atomic mass is 10.2. The third kappa shape index (κ3) is 3.72. The van der Waals surface area contributed by atoms with E-state index >= 15 is 0 Å². The van der Waals surface area contributed by atoms with Gasteiger partial charge in [-0.1, -0.05) is 6.07 Å². The summed E-state index contributed by atoms with van der Waals surface area (Å²) < 4.78 is 10.7. The van der Waals surface area contributed by atoms with E-state index in [-0.39, 0.29) is 23.7 Å². The number of hydrogen-bond donors (Lipinski definition) is 1. The first-order valence-corrected chi connectivity index (χ1v) is 8.48. The molecule has 0 saturated carbocycles. The Morgan fingerprint density at radius 1 is 1.42 bits per heavy atom. The lowest BCUT2D eigenvalue weighted by Gasteiger charge is -2.09. The number of carbonyl (C=O) groups excluding carboxylic acids is 1. The van der Waals surface area contributed by atoms with Crippen molar-refractivity contribution < 1.29 is 18.9 Å². The minimum Gasteiger partial charge on any atom is -0.495 e. The fourth-order valence-electron chi connectivity index (χ4n) is 2.35. The van der Waals surface area contributed by atoms with E-state index in [2.05, 4.69) is 10.3 Å². The average molecular weight is 373 g/mol. The van der Waals surface area contributed by atoms with Gasteiger partial charge in [-0.25, -0.2) is 4.98 Å². The largest absolute Gasteiger partial charge is 0.495 e. The van der Waals surface area contributed by atoms with Gasteiger partial charge in [0.15, 0.2) is 0 Å². The standard InChI is InChI=1S/C17H15N3O5S/c1-10-12(19-17(25-10)15-4-3-7-26-15)9-16(21)18-13-8-11(20(22)23)5-6-14(13)24-2/h3-8H,9H2,1-2H3,(H,18,21). The second-order valence-corrected chi connectivity index (χ2v) is 6.31. The Morgan fingerprint density at radius 3 is 2.88 bits per heavy atom. The van der Waals surface area contributed by atoms with Crippen molar-refractivity contribution in [1.82, 2.24) is 4.98 Å². The molecular formula is C17H15N3O5S. The second kappa shape index (κ2) is 7.36. The van der Waals surface area contributed by atoms with Crippen LogP contribution in [0.15, 0.2) is 40.1 Å². The molecule has 9 heteroatoms. The smallest absolute Gasteiger partial charge is 0.271 e. The highest BCUT2D eigenvalue weighted by atomic mass is 32.1. The lowest BCUT2D eigenvalue weighted by Crippen LogP contribution is -2.16. The predicted molar refractivity (Wildman–Crippen MR) is 96.5 cm³/mol. The topological polar surface area (TPSA) is 108 Å². The summed E-state index contributed by atoms with van der Waals surface area (Å²) in [5.74, 6) is 0.973. The van der Waals surface area contributed by atoms with Gasteiger partial charge in [0.1, 0.15) is 11.5 Å². The maximum atomic E-state index is 12.4. The van der Waals surface area contributed by atoms with Gasteiger partial charge in [-0.05, 0) is 24.4 Å². The summed E-state index contributed by atoms with van der Waals surface area (Å²) in [7, 11) is 1.42. The molecule has 0 atom stereocenters. The van der Waals surface area contributed by atoms with Gasteiger partial charge in [0.25, 0.3) is 5.69 Å². The molecule has 1 N–H and O–H groups in total. The van der Waals surface area contributed by atoms with Crippen LogP contribution in [-0.4, -0.2) is 22.9 Å². The van der Waals surface area contributed by atoms with E-state index in [1.165, 1.54) is 36.6 Å². The van der Waals surface area contributed by atoms with E-state index in [1.807, 2.05) is 17.5 Å². The fraction of sp³-hybridized carbons (Fsp3) is 0.176. The van der Waals surface area contributed by atoms with Gasteiger partial charge < -0.3 is 14.5 Å². The molecule has 134 valence electrons. The van der Waals surface area contributed by atoms with Gasteiger partial charge in [0, 0.05) is 12.1 Å². The van der Waals surface area contributed by atoms with Crippen molar-refractivity contribution in [2.75, 3.05) is 12.4 Å². The summed E-state index contributed by atoms with van der Waals surface area (Å²) in [6.45, 7) is 1.74. The first-order valence-electron chi connectivity index (χ1n) is 7.60. The van der Waals surface area contributed by atoms with Crippen LogP contribution in [0.1, 0.15) is 11.5 Å². The number of rotatable bonds is 6. The number of nitro benzene ring substituents is 1. The van der Waals surface area contributed by atoms with E-state index in [0.29, 0.717) is 23.1 Å². The summed E-state index contributed by atoms with van der Waals surface area (Å²) in [5.41, 5.74) is 0.598. The highest BCUT2D eigenvalue weighted by Gasteiger charge is 2.18. The molecule has 26 heavy (non-hydrogen) atoms. The molecule has 8 nitrogen and oxygen atoms in total. The summed E-state index contributed by atoms with van der Waals surface area (Å²) in [4.78, 5) is 28.0. The molecular weight excluding hydrogens is 358 g/mol. The highest BCUT2D eigenvalue weighted by Crippen LogP contribution is 2.29. The van der Waals surface area contributed by atoms with Crippen LogP contribution in [-0.2, 0) is 11.2 Å². The highest BCUT2D eigenvalue weighted by molar-refractivity contribution is 7.13. The van der Waals surface area contributed by atoms with Gasteiger partial charge in [0.05, 0.1) is 34.7 Å². The minimum absolute atomic E-state index is 0.0213. The molecule has 2 aromatic heterocycles. The molecule has 1 amide bonds. The van der Waals surface area contributed by atoms with E-state index < -0.39 is 4.92 Å². The molecule has 2 heterocycles. The molecule has 0 radical (unpaired) electrons. The van der Waals surface area contributed by atoms with Crippen molar-refractivity contribution in [2.24, 2.45) is 0 Å². The number of nitro groups is 1. The van der Waals surface area contributed by atoms with Gasteiger partial charge in [0.2, 0.25) is 11.8 Å². The zero-order valence-corrected chi connectivity index (χ0v) is 14.8. The minimum atomic E-state index is -0.538. The number of thiophene rings is 1. The number of nitrogens with zero attached hydrogens (tertiary/aromatic N) is 2. The van der Waals surface area contributed by atoms with E-state index in [1.54, 1.807) is 6.92 Å². The average Bonchev–Trinajstić information content (AvgIpc) is 3.25. The molecule has 0 fully saturated rings. The number of aromatic nitrogens is 1. The molecule has 0 saturated heterocycles. The number of benzene rings is 1. The lowest BCUT2D eigenvalue weighted by molar-refractivity contribution is -0.384. The van der Waals surface area contributed by atoms with Crippen LogP contribution in [0, 0.1) is 17.0 Å². The van der Waals surface area contributed by atoms with Gasteiger partial charge >= 0.3 is 0 Å². The van der Waals surface area contributed by atoms with Crippen LogP contribution in [0.25, 0.3) is 10.8 Å². The van der Waals surface area contributed by atoms with Gasteiger partial charge in [-0.2, -0.15) is 0 Å². The monoisotopic (exact) mass is 373 g/mol. The van der Waals surface area contributed by atoms with Crippen LogP contribution in [0.2, 0.25) is 0 Å². The number of non-ortho nitro benzene ring substituents is 1. The Kier molecular flexibility index (Phi) is 4.99. The number of hydrogen-bond acceptors (Lipinski definition) is 7. The maximum Gasteiger partial charge on any atom is 0.271 e. The zero-order chi connectivity index (χ0) is 18.7. The third-order valence-corrected chi connectivity index (χ3v) is 4.48. The van der Waals surface area contributed by atoms with Crippen LogP contribution in [0.4, 0.5) is 11.4 Å². The molecule has 3 aromatic rings. The van der Waals surface area contributed by atoms with E-state index in [0.717, 1.165) is 4.88 Å². The van der Waals surface area contributed by atoms with Crippen molar-refractivity contribution in [3.63, 3.8) is 0 Å². The molecule has 0 aliphatic rings. The predicted octanol–water partition coefficient (Wildman–Crippen LogP) is 3.81. The van der Waals surface area contributed by atoms with Crippen LogP contribution in [0.3, 0.4) is 0 Å². The Bertz CT molecular complexity index is 949. The molecule has 0 spiro atoms. The number of anilines is 1. The maximum absolute atomic E-state index is 12.4. The summed E-state index contributed by atoms with van der Waals surface area (Å²) in [6.07, 6.45) is -0.0213. The molecule has 3 rings (SSSR count). The second-order valence-electron chi connectivity index (χ2n) is 5.37. The van der Waals surface area contributed by atoms with E-state index in [4.69, 9.17) is 9.15 Å². The number of aryl methyl sites for hydroxylation is 1. The number of amides is 1. The van der Waals surface area contributed by atoms with Crippen molar-refractivity contribution in [3.8, 4) is 16.5 Å². The van der Waals surface area contributed by atoms with Gasteiger partial charge in [-0.15, -0.1) is 11.3 Å². The fourth-order valence-corrected chi connectivity index (χ4v) is 3.00. The quantitative estimate of drug-likeness (QED) is 0.520. The Morgan fingerprint density at radius 2 is 2.23 bits per heavy atom. The molecule has 0 bridgehead atoms. The van der Waals surface area contributed by atoms with Crippen molar-refractivity contribution in [1.29, 1.82) is 0 Å². The number of methoxy groups -OCH3 is 1. The van der Waals surface area contributed by atoms with Crippen molar-refractivity contribution >= 4 is 28.6 Å². The first-order chi connectivity index (χ1) is 12.5. The number of oxazole rings is 1. The van der Waals surface area contributed by atoms with Gasteiger partial charge in [-0.3, -0.25) is 14.9 Å². The summed E-state index contributed by atoms with van der Waals surface area (Å²) in [5, 5.41) is 15.5. The molecule has 1 aromatic carbocycles. The van der Waals surface area contributed by atoms with Crippen molar-refractivity contribution in [3.05, 3.63) is 57.3 Å². The zero-order valence-electron chi connectivity index (χ0n) is 14.0. The molecule has 0 unspecified atom stereocenters. The summed E-state index contributed by atoms with van der Waals surface area (Å²) in [6, 6.07) is 7.77. The number of carbonyl (C=O) groups is 1. The first kappa shape index (κ1) is 17.6. The van der Waals surface area contributed by atoms with Crippen LogP contribution < -0.4 is 10.1 Å². The molecule has 0 aliphatic carbocycles. The normalized spacial score (nSPS) is 10.5. The van der Waals surface area contributed by atoms with Crippen LogP contribution >= 0.6 is 11.3 Å². The Hall–Kier alpha value is -3.20.